The number of para-hydroxylation sites is 1. The third kappa shape index (κ3) is 6.04. The number of hydrogen-bond acceptors (Lipinski definition) is 3. The Labute approximate surface area is 306 Å². The smallest absolute Gasteiger partial charge is 0.140 e. The largest absolute Gasteiger partial charge is 0.457 e. The lowest BCUT2D eigenvalue weighted by molar-refractivity contribution is 0.406. The molecule has 2 atom stereocenters. The summed E-state index contributed by atoms with van der Waals surface area (Å²) in [4.78, 5) is 4.54. The average molecular weight is 693 g/mol. The van der Waals surface area contributed by atoms with E-state index < -0.39 is 0 Å². The van der Waals surface area contributed by atoms with E-state index in [1.807, 2.05) is 28.8 Å². The highest BCUT2D eigenvalue weighted by molar-refractivity contribution is 6.09. The Morgan fingerprint density at radius 2 is 1.48 bits per heavy atom. The van der Waals surface area contributed by atoms with Crippen molar-refractivity contribution in [2.75, 3.05) is 0 Å². The zero-order valence-electron chi connectivity index (χ0n) is 30.5. The van der Waals surface area contributed by atoms with Gasteiger partial charge in [-0.2, -0.15) is 5.10 Å². The summed E-state index contributed by atoms with van der Waals surface area (Å²) in [6.45, 7) is 4.85. The van der Waals surface area contributed by atoms with E-state index in [9.17, 15) is 4.39 Å². The molecule has 3 aliphatic rings. The molecule has 52 heavy (non-hydrogen) atoms. The average Bonchev–Trinajstić information content (AvgIpc) is 3.72. The van der Waals surface area contributed by atoms with Crippen molar-refractivity contribution in [1.82, 2.24) is 19.3 Å². The van der Waals surface area contributed by atoms with E-state index >= 15 is 0 Å². The first-order valence-electron chi connectivity index (χ1n) is 19.8. The summed E-state index contributed by atoms with van der Waals surface area (Å²) in [5, 5.41) is 7.84. The number of halogens is 1. The van der Waals surface area contributed by atoms with Gasteiger partial charge < -0.3 is 4.74 Å². The van der Waals surface area contributed by atoms with Crippen LogP contribution in [0.4, 0.5) is 4.39 Å². The summed E-state index contributed by atoms with van der Waals surface area (Å²) in [7, 11) is 0. The third-order valence-electron chi connectivity index (χ3n) is 12.3. The van der Waals surface area contributed by atoms with E-state index in [1.165, 1.54) is 112 Å². The summed E-state index contributed by atoms with van der Waals surface area (Å²) in [6.07, 6.45) is 19.2. The normalized spacial score (nSPS) is 20.4. The minimum absolute atomic E-state index is 0.315. The monoisotopic (exact) mass is 692 g/mol. The molecule has 2 fully saturated rings. The molecule has 0 bridgehead atoms. The number of fused-ring (bicyclic) bond motifs is 3. The Kier molecular flexibility index (Phi) is 8.94. The van der Waals surface area contributed by atoms with Gasteiger partial charge >= 0.3 is 0 Å². The summed E-state index contributed by atoms with van der Waals surface area (Å²) >= 11 is 0. The van der Waals surface area contributed by atoms with E-state index in [0.717, 1.165) is 39.0 Å². The predicted octanol–water partition coefficient (Wildman–Crippen LogP) is 12.9. The van der Waals surface area contributed by atoms with E-state index in [0.29, 0.717) is 29.5 Å². The first-order valence-corrected chi connectivity index (χ1v) is 19.8. The molecule has 3 aromatic carbocycles. The highest BCUT2D eigenvalue weighted by Gasteiger charge is 2.37. The van der Waals surface area contributed by atoms with Crippen molar-refractivity contribution >= 4 is 21.8 Å². The molecule has 0 spiro atoms. The Morgan fingerprint density at radius 3 is 2.27 bits per heavy atom. The van der Waals surface area contributed by atoms with Crippen LogP contribution in [0.2, 0.25) is 0 Å². The molecule has 3 aliphatic carbocycles. The first-order chi connectivity index (χ1) is 25.5. The molecule has 5 nitrogen and oxygen atoms in total. The van der Waals surface area contributed by atoms with E-state index in [1.54, 1.807) is 5.56 Å². The van der Waals surface area contributed by atoms with Crippen LogP contribution in [0.1, 0.15) is 126 Å². The van der Waals surface area contributed by atoms with Gasteiger partial charge in [-0.1, -0.05) is 81.4 Å². The van der Waals surface area contributed by atoms with E-state index in [-0.39, 0.29) is 5.82 Å². The van der Waals surface area contributed by atoms with Crippen molar-refractivity contribution in [2.24, 2.45) is 5.92 Å². The highest BCUT2D eigenvalue weighted by Crippen LogP contribution is 2.49. The van der Waals surface area contributed by atoms with Crippen molar-refractivity contribution < 1.29 is 9.13 Å². The second-order valence-electron chi connectivity index (χ2n) is 15.7. The summed E-state index contributed by atoms with van der Waals surface area (Å²) in [5.41, 5.74) is 8.92. The molecule has 6 heteroatoms. The number of aromatic nitrogens is 4. The van der Waals surface area contributed by atoms with Gasteiger partial charge in [-0.3, -0.25) is 4.57 Å². The lowest BCUT2D eigenvalue weighted by atomic mass is 9.71. The van der Waals surface area contributed by atoms with Crippen molar-refractivity contribution in [3.63, 3.8) is 0 Å². The minimum atomic E-state index is -0.315. The molecule has 3 aromatic heterocycles. The molecule has 0 aliphatic heterocycles. The second-order valence-corrected chi connectivity index (χ2v) is 15.7. The molecule has 2 saturated carbocycles. The number of pyridine rings is 1. The lowest BCUT2D eigenvalue weighted by Crippen LogP contribution is -2.21. The maximum absolute atomic E-state index is 14.4. The maximum atomic E-state index is 14.4. The summed E-state index contributed by atoms with van der Waals surface area (Å²) < 4.78 is 25.5. The van der Waals surface area contributed by atoms with E-state index in [2.05, 4.69) is 72.1 Å². The van der Waals surface area contributed by atoms with Gasteiger partial charge in [0.1, 0.15) is 23.1 Å². The number of nitrogens with zero attached hydrogens (tertiary/aromatic N) is 4. The summed E-state index contributed by atoms with van der Waals surface area (Å²) in [5.74, 6) is 3.80. The molecule has 0 amide bonds. The van der Waals surface area contributed by atoms with Crippen molar-refractivity contribution in [1.29, 1.82) is 0 Å². The molecule has 9 rings (SSSR count). The molecular weight excluding hydrogens is 644 g/mol. The van der Waals surface area contributed by atoms with Gasteiger partial charge in [-0.25, -0.2) is 14.1 Å². The molecule has 266 valence electrons. The standard InChI is InChI=1S/C46H49FN4O/c1-30-13-11-14-31(2)43(30)44-45(32-15-5-3-6-16-32)49-51(46(44)33-17-7-4-8-18-33)35-19-12-20-36(28-35)52-37-23-24-39-38-21-9-10-22-40(38)50(41(39)29-37)42-27-34(47)25-26-48-42/h9-10,12-13,19-29,31-33,43H,3-8,11,14-18H2,1-2H3/t31-,43?/m0/s1. The SMILES string of the molecule is CC1=CCC[C@H](C)C1c1c(C2CCCCC2)nn(-c2cccc(Oc3ccc4c5ccccc5n(-c5cc(F)ccn5)c4c3)c2)c1C1CCCCC1. The van der Waals surface area contributed by atoms with Crippen LogP contribution < -0.4 is 4.74 Å². The van der Waals surface area contributed by atoms with Gasteiger partial charge in [-0.15, -0.1) is 0 Å². The highest BCUT2D eigenvalue weighted by atomic mass is 19.1. The van der Waals surface area contributed by atoms with Crippen LogP contribution in [0.25, 0.3) is 33.3 Å². The van der Waals surface area contributed by atoms with Crippen molar-refractivity contribution in [3.05, 3.63) is 119 Å². The Morgan fingerprint density at radius 1 is 0.731 bits per heavy atom. The summed E-state index contributed by atoms with van der Waals surface area (Å²) in [6, 6.07) is 25.8. The van der Waals surface area contributed by atoms with Crippen molar-refractivity contribution in [3.8, 4) is 23.0 Å². The van der Waals surface area contributed by atoms with Crippen LogP contribution in [0.3, 0.4) is 0 Å². The molecule has 0 radical (unpaired) electrons. The molecule has 0 N–H and O–H groups in total. The Hall–Kier alpha value is -4.71. The topological polar surface area (TPSA) is 44.9 Å². The maximum Gasteiger partial charge on any atom is 0.140 e. The van der Waals surface area contributed by atoms with Crippen LogP contribution in [-0.4, -0.2) is 19.3 Å². The fraction of sp³-hybridized carbons (Fsp3) is 0.391. The molecule has 6 aromatic rings. The zero-order valence-corrected chi connectivity index (χ0v) is 30.5. The molecular formula is C46H49FN4O. The van der Waals surface area contributed by atoms with Gasteiger partial charge in [0.2, 0.25) is 0 Å². The van der Waals surface area contributed by atoms with Gasteiger partial charge in [-0.05, 0) is 87.8 Å². The first kappa shape index (κ1) is 33.1. The quantitative estimate of drug-likeness (QED) is 0.156. The molecule has 3 heterocycles. The lowest BCUT2D eigenvalue weighted by Gasteiger charge is -2.33. The van der Waals surface area contributed by atoms with Gasteiger partial charge in [0, 0.05) is 58.5 Å². The Balaban J connectivity index is 1.15. The number of allylic oxidation sites excluding steroid dienone is 2. The van der Waals surface area contributed by atoms with Crippen LogP contribution in [0.15, 0.2) is 96.7 Å². The van der Waals surface area contributed by atoms with Crippen LogP contribution in [-0.2, 0) is 0 Å². The number of benzene rings is 3. The van der Waals surface area contributed by atoms with Gasteiger partial charge in [0.05, 0.1) is 28.1 Å². The number of ether oxygens (including phenoxy) is 1. The molecule has 1 unspecified atom stereocenters. The fourth-order valence-corrected chi connectivity index (χ4v) is 9.84. The third-order valence-corrected chi connectivity index (χ3v) is 12.3. The number of hydrogen-bond donors (Lipinski definition) is 0. The van der Waals surface area contributed by atoms with Crippen LogP contribution in [0.5, 0.6) is 11.5 Å². The van der Waals surface area contributed by atoms with E-state index in [4.69, 9.17) is 9.84 Å². The Bertz CT molecular complexity index is 2270. The fourth-order valence-electron chi connectivity index (χ4n) is 9.84. The van der Waals surface area contributed by atoms with Crippen molar-refractivity contribution in [2.45, 2.75) is 109 Å². The van der Waals surface area contributed by atoms with Gasteiger partial charge in [0.25, 0.3) is 0 Å². The minimum Gasteiger partial charge on any atom is -0.457 e. The second kappa shape index (κ2) is 14.0. The van der Waals surface area contributed by atoms with Gasteiger partial charge in [0.15, 0.2) is 0 Å². The predicted molar refractivity (Wildman–Crippen MR) is 209 cm³/mol. The van der Waals surface area contributed by atoms with Crippen LogP contribution in [0, 0.1) is 11.7 Å². The number of rotatable bonds is 7. The molecule has 0 saturated heterocycles. The van der Waals surface area contributed by atoms with Crippen LogP contribution >= 0.6 is 0 Å². The zero-order chi connectivity index (χ0) is 35.2.